The smallest absolute Gasteiger partial charge is 0.163 e. The summed E-state index contributed by atoms with van der Waals surface area (Å²) in [4.78, 5) is 0. The van der Waals surface area contributed by atoms with Gasteiger partial charge in [0.25, 0.3) is 0 Å². The van der Waals surface area contributed by atoms with E-state index in [4.69, 9.17) is 14.2 Å². The maximum Gasteiger partial charge on any atom is 0.163 e. The minimum absolute atomic E-state index is 0.0495. The summed E-state index contributed by atoms with van der Waals surface area (Å²) in [6.07, 6.45) is 52.3. The van der Waals surface area contributed by atoms with Gasteiger partial charge in [-0.1, -0.05) is 154 Å². The van der Waals surface area contributed by atoms with Crippen molar-refractivity contribution in [3.63, 3.8) is 0 Å². The molecule has 0 bridgehead atoms. The van der Waals surface area contributed by atoms with Gasteiger partial charge >= 0.3 is 0 Å². The Balaban J connectivity index is 1.47. The van der Waals surface area contributed by atoms with Gasteiger partial charge in [0, 0.05) is 25.0 Å². The van der Waals surface area contributed by atoms with Crippen LogP contribution in [0.3, 0.4) is 0 Å². The van der Waals surface area contributed by atoms with Crippen LogP contribution in [-0.4, -0.2) is 25.8 Å². The first-order chi connectivity index (χ1) is 23.3. The van der Waals surface area contributed by atoms with Gasteiger partial charge in [-0.2, -0.15) is 0 Å². The molecule has 0 spiro atoms. The van der Waals surface area contributed by atoms with Crippen molar-refractivity contribution in [2.75, 3.05) is 13.2 Å². The number of hydrogen-bond acceptors (Lipinski definition) is 3. The third-order valence-electron chi connectivity index (χ3n) is 10.7. The molecule has 0 aliphatic carbocycles. The monoisotopic (exact) mass is 659 g/mol. The van der Waals surface area contributed by atoms with Crippen molar-refractivity contribution in [3.8, 4) is 0 Å². The topological polar surface area (TPSA) is 27.7 Å². The standard InChI is InChI=1S/C44H82O3/c1-3-5-7-9-11-13-15-17-19-21-23-25-27-29-31-35-41-37-33-39-45-43(41)47-44-42(38-34-40-46-44)36-32-30-28-26-24-22-20-18-16-14-12-10-8-6-4-2/h11-14,41-44H,3-10,15-40H2,1-2H3. The second-order valence-electron chi connectivity index (χ2n) is 15.2. The minimum atomic E-state index is -0.0495. The molecule has 0 aromatic rings. The molecule has 0 N–H and O–H groups in total. The first-order valence-corrected chi connectivity index (χ1v) is 21.5. The summed E-state index contributed by atoms with van der Waals surface area (Å²) in [6, 6.07) is 0. The molecule has 2 saturated heterocycles. The van der Waals surface area contributed by atoms with Crippen LogP contribution in [0.15, 0.2) is 24.3 Å². The minimum Gasteiger partial charge on any atom is -0.352 e. The lowest BCUT2D eigenvalue weighted by Gasteiger charge is -2.38. The first kappa shape index (κ1) is 42.5. The van der Waals surface area contributed by atoms with E-state index >= 15 is 0 Å². The van der Waals surface area contributed by atoms with Gasteiger partial charge in [0.2, 0.25) is 0 Å². The summed E-state index contributed by atoms with van der Waals surface area (Å²) in [5, 5.41) is 0. The second kappa shape index (κ2) is 32.6. The Labute approximate surface area is 294 Å². The van der Waals surface area contributed by atoms with Gasteiger partial charge in [0.15, 0.2) is 12.6 Å². The lowest BCUT2D eigenvalue weighted by atomic mass is 9.92. The molecule has 2 rings (SSSR count). The molecule has 2 aliphatic rings. The van der Waals surface area contributed by atoms with Gasteiger partial charge in [-0.15, -0.1) is 0 Å². The van der Waals surface area contributed by atoms with Gasteiger partial charge < -0.3 is 14.2 Å². The molecule has 0 aromatic heterocycles. The number of rotatable bonds is 32. The van der Waals surface area contributed by atoms with Crippen LogP contribution in [0, 0.1) is 11.8 Å². The Bertz CT molecular complexity index is 644. The van der Waals surface area contributed by atoms with Gasteiger partial charge in [-0.05, 0) is 89.9 Å². The highest BCUT2D eigenvalue weighted by molar-refractivity contribution is 4.82. The van der Waals surface area contributed by atoms with E-state index in [9.17, 15) is 0 Å². The van der Waals surface area contributed by atoms with E-state index < -0.39 is 0 Å². The van der Waals surface area contributed by atoms with Crippen LogP contribution in [0.1, 0.15) is 219 Å². The van der Waals surface area contributed by atoms with E-state index in [1.54, 1.807) is 0 Å². The Kier molecular flexibility index (Phi) is 29.5. The maximum absolute atomic E-state index is 6.65. The quantitative estimate of drug-likeness (QED) is 0.0532. The van der Waals surface area contributed by atoms with Crippen LogP contribution in [0.25, 0.3) is 0 Å². The molecule has 2 fully saturated rings. The fourth-order valence-electron chi connectivity index (χ4n) is 7.58. The molecule has 0 radical (unpaired) electrons. The van der Waals surface area contributed by atoms with Crippen LogP contribution >= 0.6 is 0 Å². The molecule has 3 nitrogen and oxygen atoms in total. The Morgan fingerprint density at radius 3 is 1.11 bits per heavy atom. The highest BCUT2D eigenvalue weighted by Crippen LogP contribution is 2.33. The zero-order valence-corrected chi connectivity index (χ0v) is 31.9. The SMILES string of the molecule is CCCCCC=CCCCCCCCCCCC1CCCOC1OC1OCCCC1CCCCCCCCCCC=CCCCCC. The third kappa shape index (κ3) is 24.2. The average molecular weight is 659 g/mol. The summed E-state index contributed by atoms with van der Waals surface area (Å²) < 4.78 is 19.1. The average Bonchev–Trinajstić information content (AvgIpc) is 3.09. The molecule has 2 aliphatic heterocycles. The highest BCUT2D eigenvalue weighted by Gasteiger charge is 2.34. The van der Waals surface area contributed by atoms with E-state index in [1.165, 1.54) is 205 Å². The number of hydrogen-bond donors (Lipinski definition) is 0. The first-order valence-electron chi connectivity index (χ1n) is 21.5. The predicted molar refractivity (Wildman–Crippen MR) is 205 cm³/mol. The fourth-order valence-corrected chi connectivity index (χ4v) is 7.58. The van der Waals surface area contributed by atoms with E-state index in [1.807, 2.05) is 0 Å². The van der Waals surface area contributed by atoms with Crippen LogP contribution < -0.4 is 0 Å². The van der Waals surface area contributed by atoms with Crippen molar-refractivity contribution in [2.24, 2.45) is 11.8 Å². The van der Waals surface area contributed by atoms with Crippen molar-refractivity contribution in [3.05, 3.63) is 24.3 Å². The van der Waals surface area contributed by atoms with E-state index in [0.29, 0.717) is 11.8 Å². The van der Waals surface area contributed by atoms with Crippen LogP contribution in [-0.2, 0) is 14.2 Å². The third-order valence-corrected chi connectivity index (χ3v) is 10.7. The lowest BCUT2D eigenvalue weighted by Crippen LogP contribution is -2.41. The summed E-state index contributed by atoms with van der Waals surface area (Å²) in [5.41, 5.74) is 0. The second-order valence-corrected chi connectivity index (χ2v) is 15.2. The molecule has 276 valence electrons. The zero-order chi connectivity index (χ0) is 33.3. The zero-order valence-electron chi connectivity index (χ0n) is 31.9. The van der Waals surface area contributed by atoms with Gasteiger partial charge in [0.1, 0.15) is 0 Å². The molecule has 3 heteroatoms. The molecular weight excluding hydrogens is 576 g/mol. The lowest BCUT2D eigenvalue weighted by molar-refractivity contribution is -0.297. The van der Waals surface area contributed by atoms with E-state index in [0.717, 1.165) is 13.2 Å². The largest absolute Gasteiger partial charge is 0.352 e. The number of allylic oxidation sites excluding steroid dienone is 4. The van der Waals surface area contributed by atoms with E-state index in [-0.39, 0.29) is 12.6 Å². The molecule has 47 heavy (non-hydrogen) atoms. The summed E-state index contributed by atoms with van der Waals surface area (Å²) in [6.45, 7) is 6.26. The van der Waals surface area contributed by atoms with Crippen molar-refractivity contribution < 1.29 is 14.2 Å². The Morgan fingerprint density at radius 2 is 0.745 bits per heavy atom. The van der Waals surface area contributed by atoms with Crippen molar-refractivity contribution in [1.29, 1.82) is 0 Å². The summed E-state index contributed by atoms with van der Waals surface area (Å²) in [7, 11) is 0. The van der Waals surface area contributed by atoms with Crippen molar-refractivity contribution >= 4 is 0 Å². The van der Waals surface area contributed by atoms with E-state index in [2.05, 4.69) is 38.2 Å². The maximum atomic E-state index is 6.65. The summed E-state index contributed by atoms with van der Waals surface area (Å²) in [5.74, 6) is 1.10. The van der Waals surface area contributed by atoms with Crippen molar-refractivity contribution in [2.45, 2.75) is 232 Å². The fraction of sp³-hybridized carbons (Fsp3) is 0.909. The Hall–Kier alpha value is -0.640. The van der Waals surface area contributed by atoms with Crippen LogP contribution in [0.5, 0.6) is 0 Å². The highest BCUT2D eigenvalue weighted by atomic mass is 16.8. The summed E-state index contributed by atoms with van der Waals surface area (Å²) >= 11 is 0. The Morgan fingerprint density at radius 1 is 0.426 bits per heavy atom. The molecule has 4 unspecified atom stereocenters. The molecule has 4 atom stereocenters. The molecule has 0 aromatic carbocycles. The molecule has 0 saturated carbocycles. The van der Waals surface area contributed by atoms with Gasteiger partial charge in [-0.3, -0.25) is 0 Å². The van der Waals surface area contributed by atoms with Gasteiger partial charge in [-0.25, -0.2) is 0 Å². The number of ether oxygens (including phenoxy) is 3. The van der Waals surface area contributed by atoms with Crippen molar-refractivity contribution in [1.82, 2.24) is 0 Å². The normalized spacial score (nSPS) is 22.2. The molecular formula is C44H82O3. The van der Waals surface area contributed by atoms with Gasteiger partial charge in [0.05, 0.1) is 0 Å². The van der Waals surface area contributed by atoms with Crippen LogP contribution in [0.2, 0.25) is 0 Å². The molecule has 0 amide bonds. The van der Waals surface area contributed by atoms with Crippen LogP contribution in [0.4, 0.5) is 0 Å². The number of unbranched alkanes of at least 4 members (excludes halogenated alkanes) is 22. The predicted octanol–water partition coefficient (Wildman–Crippen LogP) is 14.6. The molecule has 2 heterocycles.